The van der Waals surface area contributed by atoms with Crippen molar-refractivity contribution in [2.45, 2.75) is 32.2 Å². The lowest BCUT2D eigenvalue weighted by Crippen LogP contribution is -2.36. The maximum atomic E-state index is 13.9. The van der Waals surface area contributed by atoms with Crippen molar-refractivity contribution in [2.24, 2.45) is 17.6 Å². The lowest BCUT2D eigenvalue weighted by atomic mass is 9.94. The van der Waals surface area contributed by atoms with Crippen LogP contribution in [0.2, 0.25) is 5.02 Å². The van der Waals surface area contributed by atoms with Crippen LogP contribution < -0.4 is 14.9 Å². The Morgan fingerprint density at radius 1 is 1.27 bits per heavy atom. The van der Waals surface area contributed by atoms with Gasteiger partial charge in [-0.15, -0.1) is 10.2 Å². The second-order valence-electron chi connectivity index (χ2n) is 10.7. The lowest BCUT2D eigenvalue weighted by Gasteiger charge is -2.26. The van der Waals surface area contributed by atoms with Gasteiger partial charge in [0.2, 0.25) is 21.8 Å². The number of halogens is 4. The van der Waals surface area contributed by atoms with Crippen LogP contribution in [0.1, 0.15) is 31.7 Å². The fourth-order valence-electron chi connectivity index (χ4n) is 4.36. The molecule has 224 valence electrons. The first-order valence-electron chi connectivity index (χ1n) is 12.8. The van der Waals surface area contributed by atoms with E-state index < -0.39 is 21.4 Å². The number of nitrogens with zero attached hydrogens (tertiary/aromatic N) is 5. The molecule has 1 fully saturated rings. The van der Waals surface area contributed by atoms with Crippen molar-refractivity contribution in [1.29, 1.82) is 0 Å². The largest absolute Gasteiger partial charge is 0.419 e. The van der Waals surface area contributed by atoms with E-state index in [0.29, 0.717) is 45.3 Å². The summed E-state index contributed by atoms with van der Waals surface area (Å²) in [4.78, 5) is 6.70. The predicted molar refractivity (Wildman–Crippen MR) is 164 cm³/mol. The van der Waals surface area contributed by atoms with Gasteiger partial charge in [-0.2, -0.15) is 0 Å². The Morgan fingerprint density at radius 3 is 2.56 bits per heavy atom. The Balaban J connectivity index is 1.76. The summed E-state index contributed by atoms with van der Waals surface area (Å²) in [5.41, 5.74) is 6.53. The van der Waals surface area contributed by atoms with Crippen LogP contribution in [0.5, 0.6) is 0 Å². The Kier molecular flexibility index (Phi) is 9.71. The second kappa shape index (κ2) is 12.4. The molecule has 41 heavy (non-hydrogen) atoms. The minimum Gasteiger partial charge on any atom is -0.419 e. The molecule has 2 heterocycles. The normalized spacial score (nSPS) is 18.3. The highest BCUT2D eigenvalue weighted by Crippen LogP contribution is 2.42. The van der Waals surface area contributed by atoms with Gasteiger partial charge in [0.05, 0.1) is 33.5 Å². The molecule has 0 saturated heterocycles. The summed E-state index contributed by atoms with van der Waals surface area (Å²) < 4.78 is 52.2. The number of pyridine rings is 1. The van der Waals surface area contributed by atoms with E-state index in [1.54, 1.807) is 26.2 Å². The molecule has 0 spiro atoms. The number of rotatable bonds is 12. The first-order valence-corrected chi connectivity index (χ1v) is 16.6. The summed E-state index contributed by atoms with van der Waals surface area (Å²) in [6.07, 6.45) is 2.42. The molecule has 1 aromatic carbocycles. The number of benzene rings is 1. The smallest absolute Gasteiger partial charge is 0.249 e. The molecule has 10 nitrogen and oxygen atoms in total. The van der Waals surface area contributed by atoms with Crippen molar-refractivity contribution in [3.05, 3.63) is 49.4 Å². The summed E-state index contributed by atoms with van der Waals surface area (Å²) in [6, 6.07) is 4.70. The highest BCUT2D eigenvalue weighted by molar-refractivity contribution is 9.11. The van der Waals surface area contributed by atoms with Gasteiger partial charge < -0.3 is 19.8 Å². The summed E-state index contributed by atoms with van der Waals surface area (Å²) in [6.45, 7) is 5.62. The monoisotopic (exact) mass is 736 g/mol. The van der Waals surface area contributed by atoms with E-state index >= 15 is 0 Å². The van der Waals surface area contributed by atoms with E-state index in [1.165, 1.54) is 13.1 Å². The van der Waals surface area contributed by atoms with Crippen molar-refractivity contribution in [3.8, 4) is 11.5 Å². The minimum absolute atomic E-state index is 0.0308. The van der Waals surface area contributed by atoms with Gasteiger partial charge in [0, 0.05) is 38.1 Å². The van der Waals surface area contributed by atoms with Crippen LogP contribution in [0, 0.1) is 17.7 Å². The number of hydrogen-bond donors (Lipinski definition) is 1. The number of ether oxygens (including phenoxy) is 1. The fraction of sp³-hybridized carbons (Fsp3) is 0.500. The van der Waals surface area contributed by atoms with Crippen molar-refractivity contribution < 1.29 is 22.0 Å². The molecule has 1 aliphatic rings. The zero-order valence-corrected chi connectivity index (χ0v) is 28.0. The van der Waals surface area contributed by atoms with Crippen LogP contribution in [0.4, 0.5) is 16.0 Å². The first kappa shape index (κ1) is 32.1. The quantitative estimate of drug-likeness (QED) is 0.244. The number of hydrogen-bond acceptors (Lipinski definition) is 9. The van der Waals surface area contributed by atoms with E-state index in [4.69, 9.17) is 26.5 Å². The average Bonchev–Trinajstić information content (AvgIpc) is 3.34. The highest BCUT2D eigenvalue weighted by Gasteiger charge is 2.35. The van der Waals surface area contributed by atoms with Crippen LogP contribution in [0.15, 0.2) is 31.6 Å². The topological polar surface area (TPSA) is 128 Å². The Morgan fingerprint density at radius 2 is 1.95 bits per heavy atom. The van der Waals surface area contributed by atoms with E-state index in [-0.39, 0.29) is 29.0 Å². The van der Waals surface area contributed by atoms with Gasteiger partial charge in [-0.25, -0.2) is 17.8 Å². The SMILES string of the molecule is COCCN(CC1CC1C)c1cc(-c2nnc(C(C)(N)Cc3cc(Br)c(F)cc3Br)o2)c(Cl)c(N(C)S(C)(=O)=O)n1. The zero-order chi connectivity index (χ0) is 30.3. The fourth-order valence-corrected chi connectivity index (χ4v) is 6.00. The van der Waals surface area contributed by atoms with Gasteiger partial charge in [0.1, 0.15) is 11.6 Å². The maximum Gasteiger partial charge on any atom is 0.249 e. The summed E-state index contributed by atoms with van der Waals surface area (Å²) >= 11 is 13.3. The molecule has 2 N–H and O–H groups in total. The predicted octanol–water partition coefficient (Wildman–Crippen LogP) is 5.37. The first-order chi connectivity index (χ1) is 19.1. The molecule has 0 bridgehead atoms. The standard InChI is InChI=1S/C26H32Br2ClFN6O4S/c1-14-8-16(14)13-36(6-7-39-4)21-10-17(22(29)23(32-21)35(3)41(5,37)38)24-33-34-25(40-24)26(2,31)12-15-9-19(28)20(30)11-18(15)27/h9-11,14,16H,6-8,12-13,31H2,1-5H3. The minimum atomic E-state index is -3.70. The molecule has 0 amide bonds. The second-order valence-corrected chi connectivity index (χ2v) is 14.8. The van der Waals surface area contributed by atoms with E-state index in [2.05, 4.69) is 54.0 Å². The Labute approximate surface area is 261 Å². The molecule has 1 saturated carbocycles. The molecule has 0 aliphatic heterocycles. The molecule has 3 aromatic rings. The third-order valence-corrected chi connectivity index (χ3v) is 10.0. The molecule has 3 atom stereocenters. The molecular weight excluding hydrogens is 707 g/mol. The Hall–Kier alpha value is -1.84. The molecule has 0 radical (unpaired) electrons. The van der Waals surface area contributed by atoms with Crippen molar-refractivity contribution in [2.75, 3.05) is 49.3 Å². The van der Waals surface area contributed by atoms with Crippen LogP contribution in [-0.2, 0) is 26.7 Å². The van der Waals surface area contributed by atoms with Gasteiger partial charge in [0.25, 0.3) is 0 Å². The van der Waals surface area contributed by atoms with Crippen molar-refractivity contribution in [3.63, 3.8) is 0 Å². The zero-order valence-electron chi connectivity index (χ0n) is 23.3. The number of nitrogens with two attached hydrogens (primary N) is 1. The molecule has 2 aromatic heterocycles. The maximum absolute atomic E-state index is 13.9. The molecule has 3 unspecified atom stereocenters. The third kappa shape index (κ3) is 7.39. The summed E-state index contributed by atoms with van der Waals surface area (Å²) in [7, 11) is -0.695. The third-order valence-electron chi connectivity index (χ3n) is 7.13. The van der Waals surface area contributed by atoms with Gasteiger partial charge in [-0.05, 0) is 64.9 Å². The number of aromatic nitrogens is 3. The number of anilines is 2. The van der Waals surface area contributed by atoms with Gasteiger partial charge in [-0.1, -0.05) is 34.5 Å². The average molecular weight is 739 g/mol. The van der Waals surface area contributed by atoms with Crippen molar-refractivity contribution in [1.82, 2.24) is 15.2 Å². The van der Waals surface area contributed by atoms with E-state index in [1.807, 2.05) is 4.90 Å². The van der Waals surface area contributed by atoms with Gasteiger partial charge in [0.15, 0.2) is 5.82 Å². The van der Waals surface area contributed by atoms with Crippen LogP contribution in [-0.4, -0.2) is 63.7 Å². The van der Waals surface area contributed by atoms with Crippen molar-refractivity contribution >= 4 is 65.1 Å². The molecule has 4 rings (SSSR count). The van der Waals surface area contributed by atoms with Crippen LogP contribution >= 0.6 is 43.5 Å². The summed E-state index contributed by atoms with van der Waals surface area (Å²) in [5.74, 6) is 1.38. The lowest BCUT2D eigenvalue weighted by molar-refractivity contribution is 0.204. The molecule has 15 heteroatoms. The van der Waals surface area contributed by atoms with Gasteiger partial charge in [-0.3, -0.25) is 4.31 Å². The van der Waals surface area contributed by atoms with Crippen LogP contribution in [0.3, 0.4) is 0 Å². The summed E-state index contributed by atoms with van der Waals surface area (Å²) in [5, 5.41) is 8.45. The number of methoxy groups -OCH3 is 1. The molecular formula is C26H32Br2ClFN6O4S. The number of sulfonamides is 1. The van der Waals surface area contributed by atoms with E-state index in [9.17, 15) is 12.8 Å². The molecule has 1 aliphatic carbocycles. The van der Waals surface area contributed by atoms with Crippen LogP contribution in [0.25, 0.3) is 11.5 Å². The Bertz CT molecular complexity index is 1540. The highest BCUT2D eigenvalue weighted by atomic mass is 79.9. The van der Waals surface area contributed by atoms with E-state index in [0.717, 1.165) is 29.1 Å². The van der Waals surface area contributed by atoms with Gasteiger partial charge >= 0.3 is 0 Å².